The summed E-state index contributed by atoms with van der Waals surface area (Å²) in [7, 11) is 3.47. The highest BCUT2D eigenvalue weighted by atomic mass is 35.5. The lowest BCUT2D eigenvalue weighted by atomic mass is 9.99. The van der Waals surface area contributed by atoms with E-state index in [0.717, 1.165) is 63.1 Å². The molecule has 0 bridgehead atoms. The van der Waals surface area contributed by atoms with Gasteiger partial charge in [-0.1, -0.05) is 48.9 Å². The lowest BCUT2D eigenvalue weighted by Gasteiger charge is -2.32. The first-order valence-corrected chi connectivity index (χ1v) is 16.1. The summed E-state index contributed by atoms with van der Waals surface area (Å²) in [4.78, 5) is 48.6. The number of fused-ring (bicyclic) bond motifs is 1. The van der Waals surface area contributed by atoms with Gasteiger partial charge in [-0.15, -0.1) is 0 Å². The maximum absolute atomic E-state index is 13.9. The molecule has 2 heterocycles. The van der Waals surface area contributed by atoms with E-state index in [2.05, 4.69) is 11.8 Å². The average Bonchev–Trinajstić information content (AvgIpc) is 3.01. The van der Waals surface area contributed by atoms with Gasteiger partial charge in [0, 0.05) is 45.2 Å². The first-order valence-electron chi connectivity index (χ1n) is 15.7. The molecular formula is C34H47ClN4O4. The van der Waals surface area contributed by atoms with Gasteiger partial charge in [-0.25, -0.2) is 0 Å². The molecule has 0 radical (unpaired) electrons. The van der Waals surface area contributed by atoms with E-state index in [9.17, 15) is 14.4 Å². The Labute approximate surface area is 261 Å². The Balaban J connectivity index is 1.53. The van der Waals surface area contributed by atoms with Crippen LogP contribution >= 0.6 is 11.6 Å². The van der Waals surface area contributed by atoms with Gasteiger partial charge in [0.15, 0.2) is 0 Å². The number of likely N-dealkylation sites (N-methyl/N-ethyl adjacent to an activating group) is 2. The van der Waals surface area contributed by atoms with Gasteiger partial charge in [0.2, 0.25) is 11.8 Å². The first kappa shape index (κ1) is 32.8. The van der Waals surface area contributed by atoms with Crippen molar-refractivity contribution in [1.82, 2.24) is 19.6 Å². The molecule has 1 fully saturated rings. The Morgan fingerprint density at radius 2 is 1.58 bits per heavy atom. The molecule has 1 atom stereocenters. The van der Waals surface area contributed by atoms with E-state index in [1.54, 1.807) is 37.2 Å². The van der Waals surface area contributed by atoms with Crippen LogP contribution in [0.1, 0.15) is 61.4 Å². The fourth-order valence-electron chi connectivity index (χ4n) is 5.83. The Morgan fingerprint density at radius 3 is 2.30 bits per heavy atom. The van der Waals surface area contributed by atoms with Crippen LogP contribution in [0.5, 0.6) is 5.75 Å². The van der Waals surface area contributed by atoms with Gasteiger partial charge in [-0.05, 0) is 81.3 Å². The molecule has 234 valence electrons. The minimum atomic E-state index is -0.701. The molecule has 2 aromatic carbocycles. The van der Waals surface area contributed by atoms with Gasteiger partial charge in [-0.2, -0.15) is 0 Å². The highest BCUT2D eigenvalue weighted by Gasteiger charge is 2.31. The smallest absolute Gasteiger partial charge is 0.258 e. The van der Waals surface area contributed by atoms with Crippen molar-refractivity contribution in [3.05, 3.63) is 64.7 Å². The van der Waals surface area contributed by atoms with Crippen LogP contribution < -0.4 is 4.74 Å². The molecule has 4 rings (SSSR count). The van der Waals surface area contributed by atoms with Crippen molar-refractivity contribution in [3.8, 4) is 5.75 Å². The van der Waals surface area contributed by atoms with Gasteiger partial charge >= 0.3 is 0 Å². The van der Waals surface area contributed by atoms with Crippen molar-refractivity contribution in [2.24, 2.45) is 5.92 Å². The zero-order valence-electron chi connectivity index (χ0n) is 26.0. The summed E-state index contributed by atoms with van der Waals surface area (Å²) in [6.45, 7) is 6.97. The number of ether oxygens (including phenoxy) is 1. The number of likely N-dealkylation sites (tertiary alicyclic amines) is 1. The van der Waals surface area contributed by atoms with E-state index in [0.29, 0.717) is 55.5 Å². The number of nitrogens with zero attached hydrogens (tertiary/aromatic N) is 4. The maximum atomic E-state index is 13.9. The molecule has 0 spiro atoms. The van der Waals surface area contributed by atoms with Gasteiger partial charge in [0.25, 0.3) is 5.91 Å². The number of carbonyl (C=O) groups is 3. The standard InChI is InChI=1S/C34H47ClN4O4/c1-26-15-20-38(21-16-26)25-32(40)39-18-8-7-17-36(2)34(42)30(23-27-11-5-4-6-12-27)37(3)33(41)29-24-28(35)13-14-31(29)43-22-10-9-19-39/h4-6,11-14,24,26,30H,7-10,15-23,25H2,1-3H3/t30-/m0/s1. The Morgan fingerprint density at radius 1 is 0.907 bits per heavy atom. The maximum Gasteiger partial charge on any atom is 0.258 e. The van der Waals surface area contributed by atoms with Crippen molar-refractivity contribution < 1.29 is 19.1 Å². The van der Waals surface area contributed by atoms with E-state index in [1.165, 1.54) is 4.90 Å². The number of hydrogen-bond donors (Lipinski definition) is 0. The van der Waals surface area contributed by atoms with Crippen LogP contribution in [0.4, 0.5) is 0 Å². The number of piperidine rings is 1. The summed E-state index contributed by atoms with van der Waals surface area (Å²) in [6, 6.07) is 14.1. The number of benzene rings is 2. The van der Waals surface area contributed by atoms with Crippen LogP contribution in [-0.4, -0.2) is 103 Å². The quantitative estimate of drug-likeness (QED) is 0.487. The Hall–Kier alpha value is -3.10. The predicted octanol–water partition coefficient (Wildman–Crippen LogP) is 5.00. The van der Waals surface area contributed by atoms with E-state index >= 15 is 0 Å². The molecule has 0 unspecified atom stereocenters. The highest BCUT2D eigenvalue weighted by Crippen LogP contribution is 2.26. The fourth-order valence-corrected chi connectivity index (χ4v) is 6.00. The number of amides is 3. The fraction of sp³-hybridized carbons (Fsp3) is 0.559. The Bertz CT molecular complexity index is 1220. The summed E-state index contributed by atoms with van der Waals surface area (Å²) >= 11 is 6.32. The average molecular weight is 611 g/mol. The van der Waals surface area contributed by atoms with Crippen molar-refractivity contribution in [1.29, 1.82) is 0 Å². The largest absolute Gasteiger partial charge is 0.493 e. The van der Waals surface area contributed by atoms with E-state index < -0.39 is 6.04 Å². The predicted molar refractivity (Wildman–Crippen MR) is 170 cm³/mol. The zero-order chi connectivity index (χ0) is 30.8. The molecule has 0 saturated carbocycles. The molecule has 2 aliphatic heterocycles. The summed E-state index contributed by atoms with van der Waals surface area (Å²) in [5.74, 6) is 0.904. The summed E-state index contributed by atoms with van der Waals surface area (Å²) in [5.41, 5.74) is 1.31. The third kappa shape index (κ3) is 9.44. The van der Waals surface area contributed by atoms with Crippen molar-refractivity contribution in [2.45, 2.75) is 57.9 Å². The van der Waals surface area contributed by atoms with E-state index in [-0.39, 0.29) is 17.7 Å². The van der Waals surface area contributed by atoms with Crippen LogP contribution in [0.2, 0.25) is 5.02 Å². The van der Waals surface area contributed by atoms with Gasteiger partial charge in [0.05, 0.1) is 18.7 Å². The molecule has 2 aromatic rings. The molecule has 1 saturated heterocycles. The van der Waals surface area contributed by atoms with Gasteiger partial charge in [0.1, 0.15) is 11.8 Å². The van der Waals surface area contributed by atoms with Crippen LogP contribution in [0.25, 0.3) is 0 Å². The third-order valence-corrected chi connectivity index (χ3v) is 8.97. The van der Waals surface area contributed by atoms with Crippen LogP contribution in [0.3, 0.4) is 0 Å². The molecule has 3 amide bonds. The van der Waals surface area contributed by atoms with Crippen molar-refractivity contribution in [3.63, 3.8) is 0 Å². The molecule has 8 nitrogen and oxygen atoms in total. The Kier molecular flexibility index (Phi) is 12.3. The zero-order valence-corrected chi connectivity index (χ0v) is 26.7. The van der Waals surface area contributed by atoms with E-state index in [4.69, 9.17) is 16.3 Å². The lowest BCUT2D eigenvalue weighted by molar-refractivity contribution is -0.135. The summed E-state index contributed by atoms with van der Waals surface area (Å²) in [5, 5.41) is 0.426. The number of rotatable bonds is 4. The number of halogens is 1. The topological polar surface area (TPSA) is 73.4 Å². The van der Waals surface area contributed by atoms with Crippen LogP contribution in [-0.2, 0) is 16.0 Å². The monoisotopic (exact) mass is 610 g/mol. The second kappa shape index (κ2) is 16.1. The van der Waals surface area contributed by atoms with Crippen molar-refractivity contribution >= 4 is 29.3 Å². The molecule has 9 heteroatoms. The normalized spacial score (nSPS) is 20.8. The molecule has 0 aliphatic carbocycles. The number of carbonyl (C=O) groups excluding carboxylic acids is 3. The van der Waals surface area contributed by atoms with Crippen LogP contribution in [0, 0.1) is 5.92 Å². The first-order chi connectivity index (χ1) is 20.7. The SMILES string of the molecule is CC1CCN(CC(=O)N2CCCCOc3ccc(Cl)cc3C(=O)N(C)[C@@H](Cc3ccccc3)C(=O)N(C)CCCC2)CC1. The molecule has 0 N–H and O–H groups in total. The highest BCUT2D eigenvalue weighted by molar-refractivity contribution is 6.31. The van der Waals surface area contributed by atoms with Crippen LogP contribution in [0.15, 0.2) is 48.5 Å². The van der Waals surface area contributed by atoms with Gasteiger partial charge < -0.3 is 19.4 Å². The number of hydrogen-bond acceptors (Lipinski definition) is 5. The molecular weight excluding hydrogens is 564 g/mol. The summed E-state index contributed by atoms with van der Waals surface area (Å²) in [6.07, 6.45) is 5.79. The second-order valence-corrected chi connectivity index (χ2v) is 12.6. The molecule has 2 aliphatic rings. The third-order valence-electron chi connectivity index (χ3n) is 8.73. The minimum absolute atomic E-state index is 0.124. The van der Waals surface area contributed by atoms with E-state index in [1.807, 2.05) is 35.2 Å². The second-order valence-electron chi connectivity index (χ2n) is 12.1. The van der Waals surface area contributed by atoms with Gasteiger partial charge in [-0.3, -0.25) is 19.3 Å². The lowest BCUT2D eigenvalue weighted by Crippen LogP contribution is -2.49. The molecule has 0 aromatic heterocycles. The molecule has 43 heavy (non-hydrogen) atoms. The minimum Gasteiger partial charge on any atom is -0.493 e. The summed E-state index contributed by atoms with van der Waals surface area (Å²) < 4.78 is 6.10. The van der Waals surface area contributed by atoms with Crippen molar-refractivity contribution in [2.75, 3.05) is 60.0 Å².